The van der Waals surface area contributed by atoms with E-state index in [0.29, 0.717) is 5.92 Å². The maximum absolute atomic E-state index is 13.9. The summed E-state index contributed by atoms with van der Waals surface area (Å²) in [4.78, 5) is 12.4. The van der Waals surface area contributed by atoms with Crippen molar-refractivity contribution in [1.29, 1.82) is 0 Å². The summed E-state index contributed by atoms with van der Waals surface area (Å²) < 4.78 is 18.5. The van der Waals surface area contributed by atoms with Gasteiger partial charge in [-0.1, -0.05) is 42.5 Å². The summed E-state index contributed by atoms with van der Waals surface area (Å²) in [5, 5.41) is 1.15. The lowest BCUT2D eigenvalue weighted by Gasteiger charge is -2.32. The van der Waals surface area contributed by atoms with E-state index in [9.17, 15) is 4.39 Å². The van der Waals surface area contributed by atoms with Crippen molar-refractivity contribution in [3.8, 4) is 11.1 Å². The Balaban J connectivity index is 1.10. The van der Waals surface area contributed by atoms with Gasteiger partial charge in [-0.3, -0.25) is 9.88 Å². The van der Waals surface area contributed by atoms with E-state index in [-0.39, 0.29) is 11.9 Å². The molecule has 5 nitrogen and oxygen atoms in total. The number of aryl methyl sites for hydroxylation is 1. The number of pyridine rings is 1. The molecule has 3 aromatic carbocycles. The van der Waals surface area contributed by atoms with Crippen LogP contribution in [0.3, 0.4) is 0 Å². The number of halogens is 1. The first-order valence-electron chi connectivity index (χ1n) is 14.5. The number of aromatic nitrogens is 4. The Morgan fingerprint density at radius 2 is 1.73 bits per heavy atom. The van der Waals surface area contributed by atoms with E-state index in [1.807, 2.05) is 18.3 Å². The molecule has 41 heavy (non-hydrogen) atoms. The smallest absolute Gasteiger partial charge is 0.123 e. The first-order valence-corrected chi connectivity index (χ1v) is 14.5. The van der Waals surface area contributed by atoms with Crippen LogP contribution in [-0.4, -0.2) is 37.1 Å². The molecule has 0 saturated carbocycles. The zero-order valence-corrected chi connectivity index (χ0v) is 23.5. The van der Waals surface area contributed by atoms with Crippen LogP contribution in [0.2, 0.25) is 0 Å². The van der Waals surface area contributed by atoms with Crippen molar-refractivity contribution in [2.45, 2.75) is 38.3 Å². The van der Waals surface area contributed by atoms with Crippen LogP contribution in [0, 0.1) is 5.82 Å². The fourth-order valence-electron chi connectivity index (χ4n) is 6.53. The van der Waals surface area contributed by atoms with Crippen LogP contribution in [0.4, 0.5) is 4.39 Å². The average Bonchev–Trinajstić information content (AvgIpc) is 3.55. The monoisotopic (exact) mass is 543 g/mol. The van der Waals surface area contributed by atoms with E-state index in [4.69, 9.17) is 4.98 Å². The quantitative estimate of drug-likeness (QED) is 0.216. The topological polar surface area (TPSA) is 38.9 Å². The minimum atomic E-state index is -0.207. The van der Waals surface area contributed by atoms with E-state index in [1.165, 1.54) is 28.5 Å². The number of rotatable bonds is 6. The highest BCUT2D eigenvalue weighted by molar-refractivity contribution is 5.96. The van der Waals surface area contributed by atoms with Crippen LogP contribution in [0.1, 0.15) is 48.8 Å². The molecule has 0 aliphatic carbocycles. The third kappa shape index (κ3) is 4.82. The summed E-state index contributed by atoms with van der Waals surface area (Å²) in [7, 11) is 2.07. The molecule has 1 aliphatic rings. The summed E-state index contributed by atoms with van der Waals surface area (Å²) >= 11 is 0. The molecule has 6 aromatic rings. The van der Waals surface area contributed by atoms with Gasteiger partial charge in [-0.2, -0.15) is 0 Å². The number of benzene rings is 3. The zero-order valence-electron chi connectivity index (χ0n) is 23.5. The van der Waals surface area contributed by atoms with E-state index in [1.54, 1.807) is 12.1 Å². The first-order chi connectivity index (χ1) is 20.0. The molecule has 1 atom stereocenters. The van der Waals surface area contributed by atoms with Crippen molar-refractivity contribution < 1.29 is 4.39 Å². The van der Waals surface area contributed by atoms with Gasteiger partial charge in [-0.25, -0.2) is 9.37 Å². The predicted octanol–water partition coefficient (Wildman–Crippen LogP) is 7.72. The average molecular weight is 544 g/mol. The van der Waals surface area contributed by atoms with Crippen LogP contribution in [0.15, 0.2) is 97.3 Å². The molecule has 0 spiro atoms. The number of likely N-dealkylation sites (tertiary alicyclic amines) is 1. The molecule has 1 aliphatic heterocycles. The van der Waals surface area contributed by atoms with Crippen molar-refractivity contribution in [1.82, 2.24) is 24.0 Å². The van der Waals surface area contributed by atoms with Gasteiger partial charge in [0.2, 0.25) is 0 Å². The Morgan fingerprint density at radius 3 is 2.54 bits per heavy atom. The highest BCUT2D eigenvalue weighted by Crippen LogP contribution is 2.35. The van der Waals surface area contributed by atoms with Crippen LogP contribution in [-0.2, 0) is 13.6 Å². The number of hydrogen-bond acceptors (Lipinski definition) is 3. The number of piperidine rings is 1. The van der Waals surface area contributed by atoms with Gasteiger partial charge in [0.05, 0.1) is 22.8 Å². The Bertz CT molecular complexity index is 1830. The Kier molecular flexibility index (Phi) is 6.63. The summed E-state index contributed by atoms with van der Waals surface area (Å²) in [6.07, 6.45) is 6.13. The molecule has 0 bridgehead atoms. The molecule has 206 valence electrons. The van der Waals surface area contributed by atoms with Crippen LogP contribution in [0.5, 0.6) is 0 Å². The first kappa shape index (κ1) is 25.7. The SMILES string of the molecule is CC(c1ccccn1)n1c(C2CCN(Cc3ccc4c(-c5cccc(F)c5)cn(C)c4c3)CC2)nc2ccccc21. The van der Waals surface area contributed by atoms with Crippen molar-refractivity contribution in [3.63, 3.8) is 0 Å². The van der Waals surface area contributed by atoms with Crippen LogP contribution in [0.25, 0.3) is 33.1 Å². The lowest BCUT2D eigenvalue weighted by Crippen LogP contribution is -2.33. The van der Waals surface area contributed by atoms with Gasteiger partial charge in [0.15, 0.2) is 0 Å². The molecule has 7 rings (SSSR count). The van der Waals surface area contributed by atoms with Crippen LogP contribution >= 0.6 is 0 Å². The second-order valence-corrected chi connectivity index (χ2v) is 11.3. The molecule has 1 saturated heterocycles. The second-order valence-electron chi connectivity index (χ2n) is 11.3. The second kappa shape index (κ2) is 10.6. The van der Waals surface area contributed by atoms with Gasteiger partial charge in [-0.05, 0) is 86.4 Å². The number of hydrogen-bond donors (Lipinski definition) is 0. The zero-order chi connectivity index (χ0) is 27.9. The van der Waals surface area contributed by atoms with Gasteiger partial charge in [0.1, 0.15) is 11.6 Å². The molecular formula is C35H34FN5. The normalized spacial score (nSPS) is 15.6. The number of imidazole rings is 1. The number of nitrogens with zero attached hydrogens (tertiary/aromatic N) is 5. The Labute approximate surface area is 239 Å². The lowest BCUT2D eigenvalue weighted by atomic mass is 9.95. The fourth-order valence-corrected chi connectivity index (χ4v) is 6.53. The Hall–Kier alpha value is -4.29. The predicted molar refractivity (Wildman–Crippen MR) is 163 cm³/mol. The summed E-state index contributed by atoms with van der Waals surface area (Å²) in [5.41, 5.74) is 7.75. The highest BCUT2D eigenvalue weighted by atomic mass is 19.1. The molecule has 1 fully saturated rings. The number of fused-ring (bicyclic) bond motifs is 2. The van der Waals surface area contributed by atoms with Gasteiger partial charge >= 0.3 is 0 Å². The summed E-state index contributed by atoms with van der Waals surface area (Å²) in [5.74, 6) is 1.38. The van der Waals surface area contributed by atoms with Crippen LogP contribution < -0.4 is 0 Å². The van der Waals surface area contributed by atoms with Crippen molar-refractivity contribution in [2.75, 3.05) is 13.1 Å². The van der Waals surface area contributed by atoms with Gasteiger partial charge in [0, 0.05) is 48.4 Å². The summed E-state index contributed by atoms with van der Waals surface area (Å²) in [6.45, 7) is 5.22. The molecule has 0 amide bonds. The lowest BCUT2D eigenvalue weighted by molar-refractivity contribution is 0.200. The van der Waals surface area contributed by atoms with E-state index in [2.05, 4.69) is 93.8 Å². The van der Waals surface area contributed by atoms with Gasteiger partial charge < -0.3 is 9.13 Å². The van der Waals surface area contributed by atoms with E-state index < -0.39 is 0 Å². The number of para-hydroxylation sites is 2. The molecule has 1 unspecified atom stereocenters. The van der Waals surface area contributed by atoms with E-state index >= 15 is 0 Å². The maximum atomic E-state index is 13.9. The van der Waals surface area contributed by atoms with E-state index in [0.717, 1.165) is 60.2 Å². The van der Waals surface area contributed by atoms with Crippen molar-refractivity contribution >= 4 is 21.9 Å². The maximum Gasteiger partial charge on any atom is 0.123 e. The molecule has 0 N–H and O–H groups in total. The minimum absolute atomic E-state index is 0.117. The minimum Gasteiger partial charge on any atom is -0.350 e. The van der Waals surface area contributed by atoms with Gasteiger partial charge in [0.25, 0.3) is 0 Å². The molecule has 3 aromatic heterocycles. The Morgan fingerprint density at radius 1 is 0.902 bits per heavy atom. The third-order valence-corrected chi connectivity index (χ3v) is 8.68. The van der Waals surface area contributed by atoms with Crippen molar-refractivity contribution in [3.05, 3.63) is 120 Å². The molecular weight excluding hydrogens is 509 g/mol. The fraction of sp³-hybridized carbons (Fsp3) is 0.257. The third-order valence-electron chi connectivity index (χ3n) is 8.68. The summed E-state index contributed by atoms with van der Waals surface area (Å²) in [6, 6.07) is 28.3. The van der Waals surface area contributed by atoms with Gasteiger partial charge in [-0.15, -0.1) is 0 Å². The van der Waals surface area contributed by atoms with Crippen molar-refractivity contribution in [2.24, 2.45) is 7.05 Å². The molecule has 6 heteroatoms. The molecule has 0 radical (unpaired) electrons. The highest BCUT2D eigenvalue weighted by Gasteiger charge is 2.28. The molecule has 4 heterocycles. The standard InChI is InChI=1S/C35H34FN5/c1-24(31-10-5-6-17-37-31)41-33-12-4-3-11-32(33)38-35(41)26-15-18-40(19-16-26)22-25-13-14-29-30(23-39(2)34(29)20-25)27-8-7-9-28(36)21-27/h3-14,17,20-21,23-24,26H,15-16,18-19,22H2,1-2H3. The largest absolute Gasteiger partial charge is 0.350 e.